The molecule has 0 spiro atoms. The Morgan fingerprint density at radius 3 is 2.80 bits per heavy atom. The number of carboxylic acids is 1. The summed E-state index contributed by atoms with van der Waals surface area (Å²) in [5.74, 6) is -1.21. The molecule has 4 nitrogen and oxygen atoms in total. The van der Waals surface area contributed by atoms with E-state index in [2.05, 4.69) is 9.97 Å². The highest BCUT2D eigenvalue weighted by molar-refractivity contribution is 7.99. The first kappa shape index (κ1) is 9.92. The third kappa shape index (κ3) is 2.44. The molecule has 1 aromatic carbocycles. The molecule has 0 aliphatic rings. The summed E-state index contributed by atoms with van der Waals surface area (Å²) in [5.41, 5.74) is 1.57. The molecule has 76 valence electrons. The number of rotatable bonds is 3. The second kappa shape index (κ2) is 4.27. The molecule has 1 heterocycles. The summed E-state index contributed by atoms with van der Waals surface area (Å²) in [7, 11) is 0. The van der Waals surface area contributed by atoms with Crippen LogP contribution in [0.2, 0.25) is 0 Å². The molecule has 2 rings (SSSR count). The number of fused-ring (bicyclic) bond motifs is 1. The van der Waals surface area contributed by atoms with E-state index in [1.165, 1.54) is 0 Å². The molecular weight excluding hydrogens is 212 g/mol. The molecule has 0 radical (unpaired) electrons. The van der Waals surface area contributed by atoms with Gasteiger partial charge in [-0.25, -0.2) is 4.98 Å². The summed E-state index contributed by atoms with van der Waals surface area (Å²) in [4.78, 5) is 18.7. The van der Waals surface area contributed by atoms with E-state index in [1.54, 1.807) is 6.20 Å². The molecule has 0 N–H and O–H groups in total. The summed E-state index contributed by atoms with van der Waals surface area (Å²) >= 11 is 1.11. The van der Waals surface area contributed by atoms with Gasteiger partial charge in [0.2, 0.25) is 0 Å². The van der Waals surface area contributed by atoms with Crippen LogP contribution in [0.25, 0.3) is 11.0 Å². The fraction of sp³-hybridized carbons (Fsp3) is 0.100. The van der Waals surface area contributed by atoms with Crippen LogP contribution in [0, 0.1) is 0 Å². The van der Waals surface area contributed by atoms with Gasteiger partial charge in [-0.3, -0.25) is 4.98 Å². The number of aromatic nitrogens is 2. The minimum Gasteiger partial charge on any atom is -0.549 e. The Bertz CT molecular complexity index is 502. The van der Waals surface area contributed by atoms with Gasteiger partial charge in [-0.1, -0.05) is 23.9 Å². The lowest BCUT2D eigenvalue weighted by atomic mass is 10.3. The summed E-state index contributed by atoms with van der Waals surface area (Å²) in [5, 5.41) is 10.9. The lowest BCUT2D eigenvalue weighted by Crippen LogP contribution is -2.24. The van der Waals surface area contributed by atoms with E-state index < -0.39 is 5.97 Å². The predicted octanol–water partition coefficient (Wildman–Crippen LogP) is 0.472. The third-order valence-electron chi connectivity index (χ3n) is 1.76. The van der Waals surface area contributed by atoms with E-state index in [1.807, 2.05) is 24.3 Å². The van der Waals surface area contributed by atoms with Crippen LogP contribution in [0.1, 0.15) is 0 Å². The van der Waals surface area contributed by atoms with Gasteiger partial charge in [0.15, 0.2) is 0 Å². The third-order valence-corrected chi connectivity index (χ3v) is 2.64. The summed E-state index contributed by atoms with van der Waals surface area (Å²) in [6.07, 6.45) is 1.57. The highest BCUT2D eigenvalue weighted by atomic mass is 32.2. The molecule has 0 aliphatic heterocycles. The zero-order valence-corrected chi connectivity index (χ0v) is 8.53. The van der Waals surface area contributed by atoms with Gasteiger partial charge in [0.1, 0.15) is 5.03 Å². The quantitative estimate of drug-likeness (QED) is 0.702. The zero-order valence-electron chi connectivity index (χ0n) is 7.71. The number of hydrogen-bond acceptors (Lipinski definition) is 5. The Balaban J connectivity index is 2.26. The van der Waals surface area contributed by atoms with Crippen molar-refractivity contribution < 1.29 is 9.90 Å². The van der Waals surface area contributed by atoms with Crippen LogP contribution < -0.4 is 5.11 Å². The molecular formula is C10H7N2O2S-. The molecule has 0 saturated carbocycles. The van der Waals surface area contributed by atoms with Crippen LogP contribution in [-0.4, -0.2) is 21.7 Å². The molecule has 0 fully saturated rings. The van der Waals surface area contributed by atoms with E-state index in [9.17, 15) is 9.90 Å². The van der Waals surface area contributed by atoms with Gasteiger partial charge in [0, 0.05) is 5.75 Å². The number of aliphatic carboxylic acids is 1. The van der Waals surface area contributed by atoms with E-state index in [0.29, 0.717) is 5.03 Å². The van der Waals surface area contributed by atoms with Gasteiger partial charge in [0.25, 0.3) is 0 Å². The van der Waals surface area contributed by atoms with Crippen molar-refractivity contribution in [1.29, 1.82) is 0 Å². The maximum atomic E-state index is 10.3. The van der Waals surface area contributed by atoms with Gasteiger partial charge in [-0.05, 0) is 12.1 Å². The molecule has 2 aromatic rings. The first-order valence-corrected chi connectivity index (χ1v) is 5.29. The lowest BCUT2D eigenvalue weighted by Gasteiger charge is -2.02. The van der Waals surface area contributed by atoms with Crippen molar-refractivity contribution in [3.8, 4) is 0 Å². The average Bonchev–Trinajstić information content (AvgIpc) is 2.26. The van der Waals surface area contributed by atoms with Crippen molar-refractivity contribution in [2.75, 3.05) is 5.75 Å². The molecule has 5 heteroatoms. The van der Waals surface area contributed by atoms with Gasteiger partial charge in [0.05, 0.1) is 23.2 Å². The standard InChI is InChI=1S/C10H8N2O2S/c13-10(14)6-15-9-5-11-7-3-1-2-4-8(7)12-9/h1-5H,6H2,(H,13,14)/p-1. The van der Waals surface area contributed by atoms with E-state index in [0.717, 1.165) is 22.8 Å². The number of nitrogens with zero attached hydrogens (tertiary/aromatic N) is 2. The Hall–Kier alpha value is -1.62. The Labute approximate surface area is 90.4 Å². The SMILES string of the molecule is O=C([O-])CSc1cnc2ccccc2n1. The summed E-state index contributed by atoms with van der Waals surface area (Å²) in [6, 6.07) is 7.44. The number of carbonyl (C=O) groups is 1. The molecule has 0 aliphatic carbocycles. The van der Waals surface area contributed by atoms with Crippen LogP contribution in [-0.2, 0) is 4.79 Å². The number of hydrogen-bond donors (Lipinski definition) is 0. The Morgan fingerprint density at radius 2 is 2.07 bits per heavy atom. The van der Waals surface area contributed by atoms with E-state index >= 15 is 0 Å². The number of para-hydroxylation sites is 2. The molecule has 0 bridgehead atoms. The van der Waals surface area contributed by atoms with Crippen molar-refractivity contribution in [3.63, 3.8) is 0 Å². The first-order chi connectivity index (χ1) is 7.25. The average molecular weight is 219 g/mol. The van der Waals surface area contributed by atoms with Gasteiger partial charge in [-0.15, -0.1) is 0 Å². The highest BCUT2D eigenvalue weighted by Crippen LogP contribution is 2.16. The molecule has 15 heavy (non-hydrogen) atoms. The van der Waals surface area contributed by atoms with Crippen LogP contribution >= 0.6 is 11.8 Å². The van der Waals surface area contributed by atoms with Crippen molar-refractivity contribution in [3.05, 3.63) is 30.5 Å². The Morgan fingerprint density at radius 1 is 1.33 bits per heavy atom. The fourth-order valence-corrected chi connectivity index (χ4v) is 1.70. The maximum absolute atomic E-state index is 10.3. The molecule has 0 unspecified atom stereocenters. The smallest absolute Gasteiger partial charge is 0.115 e. The minimum absolute atomic E-state index is 0.104. The maximum Gasteiger partial charge on any atom is 0.115 e. The highest BCUT2D eigenvalue weighted by Gasteiger charge is 1.99. The van der Waals surface area contributed by atoms with Crippen molar-refractivity contribution in [2.45, 2.75) is 5.03 Å². The van der Waals surface area contributed by atoms with Crippen molar-refractivity contribution >= 4 is 28.8 Å². The second-order valence-electron chi connectivity index (χ2n) is 2.86. The number of thioether (sulfide) groups is 1. The predicted molar refractivity (Wildman–Crippen MR) is 55.3 cm³/mol. The van der Waals surface area contributed by atoms with Crippen LogP contribution in [0.15, 0.2) is 35.5 Å². The molecule has 0 atom stereocenters. The molecule has 0 amide bonds. The monoisotopic (exact) mass is 219 g/mol. The van der Waals surface area contributed by atoms with Gasteiger partial charge >= 0.3 is 0 Å². The second-order valence-corrected chi connectivity index (χ2v) is 3.85. The van der Waals surface area contributed by atoms with Crippen LogP contribution in [0.5, 0.6) is 0 Å². The number of benzene rings is 1. The van der Waals surface area contributed by atoms with Crippen LogP contribution in [0.3, 0.4) is 0 Å². The normalized spacial score (nSPS) is 10.4. The van der Waals surface area contributed by atoms with E-state index in [-0.39, 0.29) is 5.75 Å². The summed E-state index contributed by atoms with van der Waals surface area (Å²) in [6.45, 7) is 0. The zero-order chi connectivity index (χ0) is 10.7. The first-order valence-electron chi connectivity index (χ1n) is 4.30. The fourth-order valence-electron chi connectivity index (χ4n) is 1.14. The van der Waals surface area contributed by atoms with Gasteiger partial charge < -0.3 is 9.90 Å². The van der Waals surface area contributed by atoms with E-state index in [4.69, 9.17) is 0 Å². The summed E-state index contributed by atoms with van der Waals surface area (Å²) < 4.78 is 0. The minimum atomic E-state index is -1.10. The lowest BCUT2D eigenvalue weighted by molar-refractivity contribution is -0.301. The largest absolute Gasteiger partial charge is 0.549 e. The topological polar surface area (TPSA) is 65.9 Å². The van der Waals surface area contributed by atoms with Crippen molar-refractivity contribution in [1.82, 2.24) is 9.97 Å². The van der Waals surface area contributed by atoms with Crippen LogP contribution in [0.4, 0.5) is 0 Å². The number of carboxylic acid groups (broad SMARTS) is 1. The van der Waals surface area contributed by atoms with Crippen molar-refractivity contribution in [2.24, 2.45) is 0 Å². The Kier molecular flexibility index (Phi) is 2.82. The molecule has 0 saturated heterocycles. The van der Waals surface area contributed by atoms with Gasteiger partial charge in [-0.2, -0.15) is 0 Å². The molecule has 1 aromatic heterocycles. The number of carbonyl (C=O) groups excluding carboxylic acids is 1.